The summed E-state index contributed by atoms with van der Waals surface area (Å²) in [5, 5.41) is 0. The van der Waals surface area contributed by atoms with Crippen molar-refractivity contribution in [1.29, 1.82) is 0 Å². The predicted octanol–water partition coefficient (Wildman–Crippen LogP) is 4.34. The van der Waals surface area contributed by atoms with Gasteiger partial charge in [0.1, 0.15) is 11.4 Å². The summed E-state index contributed by atoms with van der Waals surface area (Å²) in [4.78, 5) is 11.6. The van der Waals surface area contributed by atoms with Crippen LogP contribution in [-0.2, 0) is 16.1 Å². The van der Waals surface area contributed by atoms with Gasteiger partial charge in [0.2, 0.25) is 0 Å². The summed E-state index contributed by atoms with van der Waals surface area (Å²) in [6.07, 6.45) is 0.342. The SMILES string of the molecule is CC(C)(C)OC(=O)Oc1cccc(COCCCI)c1. The van der Waals surface area contributed by atoms with E-state index >= 15 is 0 Å². The van der Waals surface area contributed by atoms with Crippen molar-refractivity contribution in [1.82, 2.24) is 0 Å². The Bertz CT molecular complexity index is 426. The number of hydrogen-bond acceptors (Lipinski definition) is 4. The van der Waals surface area contributed by atoms with Gasteiger partial charge in [0.05, 0.1) is 6.61 Å². The van der Waals surface area contributed by atoms with Crippen LogP contribution in [0.1, 0.15) is 32.8 Å². The first-order chi connectivity index (χ1) is 9.40. The van der Waals surface area contributed by atoms with Gasteiger partial charge in [-0.05, 0) is 44.9 Å². The van der Waals surface area contributed by atoms with Crippen molar-refractivity contribution in [2.45, 2.75) is 39.4 Å². The molecule has 0 unspecified atom stereocenters. The van der Waals surface area contributed by atoms with E-state index in [0.29, 0.717) is 12.4 Å². The van der Waals surface area contributed by atoms with E-state index in [4.69, 9.17) is 14.2 Å². The van der Waals surface area contributed by atoms with Crippen molar-refractivity contribution in [2.24, 2.45) is 0 Å². The molecule has 20 heavy (non-hydrogen) atoms. The largest absolute Gasteiger partial charge is 0.514 e. The van der Waals surface area contributed by atoms with E-state index in [1.807, 2.05) is 12.1 Å². The molecule has 0 aliphatic carbocycles. The van der Waals surface area contributed by atoms with E-state index in [2.05, 4.69) is 22.6 Å². The summed E-state index contributed by atoms with van der Waals surface area (Å²) in [5.74, 6) is 0.467. The fourth-order valence-corrected chi connectivity index (χ4v) is 1.72. The standard InChI is InChI=1S/C15H21IO4/c1-15(2,3)20-14(17)19-13-7-4-6-12(10-13)11-18-9-5-8-16/h4,6-7,10H,5,8-9,11H2,1-3H3. The monoisotopic (exact) mass is 392 g/mol. The Morgan fingerprint density at radius 1 is 1.30 bits per heavy atom. The summed E-state index contributed by atoms with van der Waals surface area (Å²) in [6.45, 7) is 6.64. The molecule has 0 atom stereocenters. The third kappa shape index (κ3) is 7.69. The Labute approximate surface area is 133 Å². The number of carbonyl (C=O) groups is 1. The molecule has 0 aliphatic rings. The number of alkyl halides is 1. The normalized spacial score (nSPS) is 11.2. The molecule has 0 aromatic heterocycles. The molecular formula is C15H21IO4. The molecule has 0 amide bonds. The van der Waals surface area contributed by atoms with Crippen molar-refractivity contribution in [3.8, 4) is 5.75 Å². The molecule has 5 heteroatoms. The quantitative estimate of drug-likeness (QED) is 0.238. The van der Waals surface area contributed by atoms with Gasteiger partial charge in [0, 0.05) is 11.0 Å². The smallest absolute Gasteiger partial charge is 0.428 e. The Balaban J connectivity index is 2.49. The van der Waals surface area contributed by atoms with E-state index in [1.54, 1.807) is 32.9 Å². The van der Waals surface area contributed by atoms with E-state index in [-0.39, 0.29) is 0 Å². The lowest BCUT2D eigenvalue weighted by Crippen LogP contribution is -2.25. The molecule has 0 saturated carbocycles. The first-order valence-corrected chi connectivity index (χ1v) is 8.07. The highest BCUT2D eigenvalue weighted by atomic mass is 127. The lowest BCUT2D eigenvalue weighted by molar-refractivity contribution is 0.0205. The molecule has 1 aromatic rings. The average molecular weight is 392 g/mol. The van der Waals surface area contributed by atoms with Gasteiger partial charge in [0.25, 0.3) is 0 Å². The molecule has 0 heterocycles. The highest BCUT2D eigenvalue weighted by molar-refractivity contribution is 14.1. The molecule has 0 fully saturated rings. The lowest BCUT2D eigenvalue weighted by Gasteiger charge is -2.18. The second kappa shape index (κ2) is 8.46. The van der Waals surface area contributed by atoms with E-state index in [0.717, 1.165) is 23.0 Å². The number of ether oxygens (including phenoxy) is 3. The first-order valence-electron chi connectivity index (χ1n) is 6.54. The van der Waals surface area contributed by atoms with Crippen LogP contribution in [0.15, 0.2) is 24.3 Å². The molecule has 112 valence electrons. The van der Waals surface area contributed by atoms with Gasteiger partial charge in [-0.3, -0.25) is 0 Å². The minimum absolute atomic E-state index is 0.467. The number of carbonyl (C=O) groups excluding carboxylic acids is 1. The van der Waals surface area contributed by atoms with Crippen molar-refractivity contribution in [3.05, 3.63) is 29.8 Å². The van der Waals surface area contributed by atoms with Crippen LogP contribution in [0, 0.1) is 0 Å². The number of benzene rings is 1. The third-order valence-corrected chi connectivity index (χ3v) is 2.94. The fraction of sp³-hybridized carbons (Fsp3) is 0.533. The molecule has 0 aliphatic heterocycles. The molecule has 0 radical (unpaired) electrons. The van der Waals surface area contributed by atoms with Crippen LogP contribution in [-0.4, -0.2) is 22.8 Å². The molecule has 0 spiro atoms. The van der Waals surface area contributed by atoms with Crippen LogP contribution in [0.3, 0.4) is 0 Å². The Kier molecular flexibility index (Phi) is 7.29. The van der Waals surface area contributed by atoms with Gasteiger partial charge in [0.15, 0.2) is 0 Å². The average Bonchev–Trinajstić information content (AvgIpc) is 2.32. The van der Waals surface area contributed by atoms with Crippen molar-refractivity contribution in [3.63, 3.8) is 0 Å². The topological polar surface area (TPSA) is 44.8 Å². The number of hydrogen-bond donors (Lipinski definition) is 0. The molecular weight excluding hydrogens is 371 g/mol. The number of rotatable bonds is 6. The second-order valence-electron chi connectivity index (χ2n) is 5.31. The minimum atomic E-state index is -0.694. The van der Waals surface area contributed by atoms with Gasteiger partial charge >= 0.3 is 6.16 Å². The van der Waals surface area contributed by atoms with Crippen LogP contribution in [0.4, 0.5) is 4.79 Å². The summed E-state index contributed by atoms with van der Waals surface area (Å²) in [6, 6.07) is 7.27. The van der Waals surface area contributed by atoms with Gasteiger partial charge in [-0.2, -0.15) is 0 Å². The second-order valence-corrected chi connectivity index (χ2v) is 6.39. The van der Waals surface area contributed by atoms with Crippen molar-refractivity contribution < 1.29 is 19.0 Å². The molecule has 0 N–H and O–H groups in total. The highest BCUT2D eigenvalue weighted by Crippen LogP contribution is 2.16. The fourth-order valence-electron chi connectivity index (χ4n) is 1.41. The lowest BCUT2D eigenvalue weighted by atomic mass is 10.2. The van der Waals surface area contributed by atoms with Gasteiger partial charge in [-0.15, -0.1) is 0 Å². The predicted molar refractivity (Wildman–Crippen MR) is 86.5 cm³/mol. The van der Waals surface area contributed by atoms with E-state index in [9.17, 15) is 4.79 Å². The van der Waals surface area contributed by atoms with Crippen LogP contribution < -0.4 is 4.74 Å². The zero-order valence-electron chi connectivity index (χ0n) is 12.1. The third-order valence-electron chi connectivity index (χ3n) is 2.18. The highest BCUT2D eigenvalue weighted by Gasteiger charge is 2.18. The van der Waals surface area contributed by atoms with E-state index in [1.165, 1.54) is 0 Å². The first kappa shape index (κ1) is 17.2. The number of halogens is 1. The van der Waals surface area contributed by atoms with Crippen LogP contribution in [0.2, 0.25) is 0 Å². The van der Waals surface area contributed by atoms with Crippen LogP contribution >= 0.6 is 22.6 Å². The molecule has 0 saturated heterocycles. The summed E-state index contributed by atoms with van der Waals surface area (Å²) in [5.41, 5.74) is 0.413. The molecule has 0 bridgehead atoms. The van der Waals surface area contributed by atoms with Crippen LogP contribution in [0.5, 0.6) is 5.75 Å². The summed E-state index contributed by atoms with van der Waals surface area (Å²) < 4.78 is 16.8. The maximum atomic E-state index is 11.6. The van der Waals surface area contributed by atoms with E-state index < -0.39 is 11.8 Å². The molecule has 1 aromatic carbocycles. The minimum Gasteiger partial charge on any atom is -0.428 e. The summed E-state index contributed by atoms with van der Waals surface area (Å²) >= 11 is 2.32. The van der Waals surface area contributed by atoms with Crippen molar-refractivity contribution >= 4 is 28.7 Å². The Morgan fingerprint density at radius 3 is 2.70 bits per heavy atom. The zero-order valence-corrected chi connectivity index (χ0v) is 14.3. The van der Waals surface area contributed by atoms with Gasteiger partial charge in [-0.25, -0.2) is 4.79 Å². The van der Waals surface area contributed by atoms with Crippen LogP contribution in [0.25, 0.3) is 0 Å². The maximum absolute atomic E-state index is 11.6. The molecule has 4 nitrogen and oxygen atoms in total. The summed E-state index contributed by atoms with van der Waals surface area (Å²) in [7, 11) is 0. The van der Waals surface area contributed by atoms with Crippen molar-refractivity contribution in [2.75, 3.05) is 11.0 Å². The van der Waals surface area contributed by atoms with Gasteiger partial charge < -0.3 is 14.2 Å². The zero-order chi connectivity index (χ0) is 15.0. The van der Waals surface area contributed by atoms with Gasteiger partial charge in [-0.1, -0.05) is 34.7 Å². The Morgan fingerprint density at radius 2 is 2.05 bits per heavy atom. The molecule has 1 rings (SSSR count). The maximum Gasteiger partial charge on any atom is 0.514 e. The Hall–Kier alpha value is -0.820.